The lowest BCUT2D eigenvalue weighted by Crippen LogP contribution is -2.44. The van der Waals surface area contributed by atoms with Crippen LogP contribution in [0.1, 0.15) is 54.4 Å². The monoisotopic (exact) mass is 407 g/mol. The molecule has 0 unspecified atom stereocenters. The lowest BCUT2D eigenvalue weighted by atomic mass is 9.89. The molecule has 4 heteroatoms. The molecule has 2 fully saturated rings. The molecule has 0 bridgehead atoms. The van der Waals surface area contributed by atoms with Gasteiger partial charge in [-0.2, -0.15) is 10.5 Å². The Morgan fingerprint density at radius 3 is 1.81 bits per heavy atom. The molecule has 0 amide bonds. The van der Waals surface area contributed by atoms with Gasteiger partial charge in [-0.05, 0) is 60.4 Å². The van der Waals surface area contributed by atoms with E-state index in [0.717, 1.165) is 22.3 Å². The molecule has 154 valence electrons. The van der Waals surface area contributed by atoms with E-state index in [1.54, 1.807) is 12.1 Å². The predicted molar refractivity (Wildman–Crippen MR) is 122 cm³/mol. The minimum Gasteiger partial charge on any atom is -0.292 e. The average Bonchev–Trinajstić information content (AvgIpc) is 2.82. The van der Waals surface area contributed by atoms with Crippen molar-refractivity contribution in [1.82, 2.24) is 4.90 Å². The highest BCUT2D eigenvalue weighted by atomic mass is 16.1. The van der Waals surface area contributed by atoms with Gasteiger partial charge in [0.2, 0.25) is 0 Å². The van der Waals surface area contributed by atoms with Crippen molar-refractivity contribution in [2.24, 2.45) is 0 Å². The fraction of sp³-hybridized carbons (Fsp3) is 0.296. The first-order chi connectivity index (χ1) is 15.2. The molecule has 0 aromatic heterocycles. The number of nitriles is 2. The third kappa shape index (κ3) is 5.00. The lowest BCUT2D eigenvalue weighted by molar-refractivity contribution is -0.113. The van der Waals surface area contributed by atoms with Crippen molar-refractivity contribution in [3.05, 3.63) is 81.9 Å². The van der Waals surface area contributed by atoms with Gasteiger partial charge in [-0.15, -0.1) is 0 Å². The molecule has 0 N–H and O–H groups in total. The maximum absolute atomic E-state index is 13.4. The van der Waals surface area contributed by atoms with E-state index < -0.39 is 0 Å². The zero-order chi connectivity index (χ0) is 21.6. The number of hydrogen-bond donors (Lipinski definition) is 0. The third-order valence-corrected chi connectivity index (χ3v) is 6.13. The quantitative estimate of drug-likeness (QED) is 0.663. The maximum Gasteiger partial charge on any atom is 0.187 e. The molecule has 2 aromatic carbocycles. The summed E-state index contributed by atoms with van der Waals surface area (Å²) in [7, 11) is 0. The van der Waals surface area contributed by atoms with E-state index in [-0.39, 0.29) is 5.78 Å². The molecular formula is C27H25N3O. The predicted octanol–water partition coefficient (Wildman–Crippen LogP) is 5.11. The molecule has 0 radical (unpaired) electrons. The summed E-state index contributed by atoms with van der Waals surface area (Å²) < 4.78 is 0. The van der Waals surface area contributed by atoms with E-state index in [2.05, 4.69) is 17.0 Å². The molecule has 1 heterocycles. The number of hydrogen-bond acceptors (Lipinski definition) is 4. The Morgan fingerprint density at radius 1 is 0.806 bits per heavy atom. The van der Waals surface area contributed by atoms with Crippen LogP contribution in [0.5, 0.6) is 0 Å². The lowest BCUT2D eigenvalue weighted by Gasteiger charge is -2.38. The number of likely N-dealkylation sites (tertiary alicyclic amines) is 1. The molecule has 0 spiro atoms. The Morgan fingerprint density at radius 2 is 1.32 bits per heavy atom. The second-order valence-corrected chi connectivity index (χ2v) is 8.34. The van der Waals surface area contributed by atoms with Crippen molar-refractivity contribution in [1.29, 1.82) is 10.5 Å². The highest BCUT2D eigenvalue weighted by Crippen LogP contribution is 2.29. The van der Waals surface area contributed by atoms with Gasteiger partial charge in [0.25, 0.3) is 0 Å². The normalized spacial score (nSPS) is 20.5. The van der Waals surface area contributed by atoms with Gasteiger partial charge in [-0.3, -0.25) is 9.69 Å². The molecule has 1 saturated carbocycles. The van der Waals surface area contributed by atoms with Crippen LogP contribution in [0.4, 0.5) is 0 Å². The molecule has 31 heavy (non-hydrogen) atoms. The van der Waals surface area contributed by atoms with E-state index in [4.69, 9.17) is 0 Å². The minimum absolute atomic E-state index is 0.0526. The van der Waals surface area contributed by atoms with Crippen LogP contribution in [-0.2, 0) is 4.79 Å². The Bertz CT molecular complexity index is 1040. The molecule has 1 saturated heterocycles. The largest absolute Gasteiger partial charge is 0.292 e. The highest BCUT2D eigenvalue weighted by Gasteiger charge is 2.31. The van der Waals surface area contributed by atoms with E-state index >= 15 is 0 Å². The fourth-order valence-corrected chi connectivity index (χ4v) is 4.57. The smallest absolute Gasteiger partial charge is 0.187 e. The first-order valence-corrected chi connectivity index (χ1v) is 10.9. The summed E-state index contributed by atoms with van der Waals surface area (Å²) in [6.45, 7) is 1.27. The van der Waals surface area contributed by atoms with E-state index in [0.29, 0.717) is 30.3 Å². The topological polar surface area (TPSA) is 67.9 Å². The molecule has 4 nitrogen and oxygen atoms in total. The van der Waals surface area contributed by atoms with Gasteiger partial charge in [0.15, 0.2) is 5.78 Å². The number of carbonyl (C=O) groups excluding carboxylic acids is 1. The molecule has 2 aliphatic rings. The SMILES string of the molecule is N#Cc1cccc(/C=C2/CN(C3CCCCC3)C/C(=C/c3cccc(C#N)c3)C2=O)c1. The highest BCUT2D eigenvalue weighted by molar-refractivity contribution is 6.14. The van der Waals surface area contributed by atoms with Gasteiger partial charge in [0.1, 0.15) is 0 Å². The molecule has 1 aliphatic heterocycles. The van der Waals surface area contributed by atoms with Crippen LogP contribution in [0.3, 0.4) is 0 Å². The summed E-state index contributed by atoms with van der Waals surface area (Å²) in [6, 6.07) is 19.6. The summed E-state index contributed by atoms with van der Waals surface area (Å²) in [5.74, 6) is 0.0526. The summed E-state index contributed by atoms with van der Waals surface area (Å²) in [4.78, 5) is 15.8. The van der Waals surface area contributed by atoms with Crippen molar-refractivity contribution in [3.63, 3.8) is 0 Å². The van der Waals surface area contributed by atoms with Crippen LogP contribution >= 0.6 is 0 Å². The Kier molecular flexibility index (Phi) is 6.41. The number of carbonyl (C=O) groups is 1. The standard InChI is InChI=1S/C27H25N3O/c28-16-22-8-4-6-20(12-22)14-24-18-30(26-10-2-1-3-11-26)19-25(27(24)31)15-21-7-5-9-23(13-21)17-29/h4-9,12-15,26H,1-3,10-11,18-19H2/b24-14-,25-15-. The summed E-state index contributed by atoms with van der Waals surface area (Å²) in [5, 5.41) is 18.4. The van der Waals surface area contributed by atoms with Gasteiger partial charge >= 0.3 is 0 Å². The zero-order valence-corrected chi connectivity index (χ0v) is 17.6. The Balaban J connectivity index is 1.70. The van der Waals surface area contributed by atoms with Crippen LogP contribution in [0.2, 0.25) is 0 Å². The van der Waals surface area contributed by atoms with Crippen LogP contribution in [-0.4, -0.2) is 29.8 Å². The number of rotatable bonds is 3. The summed E-state index contributed by atoms with van der Waals surface area (Å²) >= 11 is 0. The Hall–Kier alpha value is -3.47. The van der Waals surface area contributed by atoms with Crippen molar-refractivity contribution in [2.45, 2.75) is 38.1 Å². The first-order valence-electron chi connectivity index (χ1n) is 10.9. The number of nitrogens with zero attached hydrogens (tertiary/aromatic N) is 3. The minimum atomic E-state index is 0.0526. The van der Waals surface area contributed by atoms with Gasteiger partial charge in [-0.1, -0.05) is 43.5 Å². The van der Waals surface area contributed by atoms with Crippen molar-refractivity contribution >= 4 is 17.9 Å². The fourth-order valence-electron chi connectivity index (χ4n) is 4.57. The number of ketones is 1. The molecule has 4 rings (SSSR count). The van der Waals surface area contributed by atoms with Crippen LogP contribution in [0, 0.1) is 22.7 Å². The van der Waals surface area contributed by atoms with E-state index in [9.17, 15) is 15.3 Å². The average molecular weight is 408 g/mol. The van der Waals surface area contributed by atoms with Gasteiger partial charge in [-0.25, -0.2) is 0 Å². The van der Waals surface area contributed by atoms with Crippen LogP contribution < -0.4 is 0 Å². The number of benzene rings is 2. The molecule has 1 aliphatic carbocycles. The summed E-state index contributed by atoms with van der Waals surface area (Å²) in [6.07, 6.45) is 9.96. The van der Waals surface area contributed by atoms with Crippen LogP contribution in [0.15, 0.2) is 59.7 Å². The second kappa shape index (κ2) is 9.56. The molecule has 0 atom stereocenters. The van der Waals surface area contributed by atoms with Gasteiger partial charge in [0, 0.05) is 30.3 Å². The molecule has 2 aromatic rings. The second-order valence-electron chi connectivity index (χ2n) is 8.34. The molecular weight excluding hydrogens is 382 g/mol. The summed E-state index contributed by atoms with van der Waals surface area (Å²) in [5.41, 5.74) is 4.44. The van der Waals surface area contributed by atoms with E-state index in [1.165, 1.54) is 32.1 Å². The third-order valence-electron chi connectivity index (χ3n) is 6.13. The number of Topliss-reactive ketones (excluding diaryl/α,β-unsaturated/α-hetero) is 1. The van der Waals surface area contributed by atoms with Crippen molar-refractivity contribution in [2.75, 3.05) is 13.1 Å². The van der Waals surface area contributed by atoms with Crippen molar-refractivity contribution in [3.8, 4) is 12.1 Å². The van der Waals surface area contributed by atoms with Gasteiger partial charge < -0.3 is 0 Å². The maximum atomic E-state index is 13.4. The Labute approximate surface area is 183 Å². The first kappa shape index (κ1) is 20.8. The van der Waals surface area contributed by atoms with Crippen molar-refractivity contribution < 1.29 is 4.79 Å². The van der Waals surface area contributed by atoms with E-state index in [1.807, 2.05) is 48.6 Å². The van der Waals surface area contributed by atoms with Crippen LogP contribution in [0.25, 0.3) is 12.2 Å². The zero-order valence-electron chi connectivity index (χ0n) is 17.6. The van der Waals surface area contributed by atoms with Gasteiger partial charge in [0.05, 0.1) is 23.3 Å². The number of piperidine rings is 1.